The molecule has 0 bridgehead atoms. The largest absolute Gasteiger partial charge is 0.508 e. The molecule has 0 aliphatic rings. The molecule has 1 nitrogen and oxygen atoms in total. The van der Waals surface area contributed by atoms with E-state index in [1.54, 1.807) is 0 Å². The maximum absolute atomic E-state index is 9.65. The molecule has 0 aliphatic heterocycles. The van der Waals surface area contributed by atoms with Crippen molar-refractivity contribution in [3.05, 3.63) is 29.3 Å². The van der Waals surface area contributed by atoms with Gasteiger partial charge in [-0.2, -0.15) is 0 Å². The molecule has 0 heterocycles. The number of hydrogen-bond donors (Lipinski definition) is 1. The molecule has 0 saturated carbocycles. The van der Waals surface area contributed by atoms with Crippen molar-refractivity contribution >= 4 is 0 Å². The Kier molecular flexibility index (Phi) is 8.36. The Labute approximate surface area is 119 Å². The molecule has 0 amide bonds. The monoisotopic (exact) mass is 262 g/mol. The lowest BCUT2D eigenvalue weighted by molar-refractivity contribution is 0.468. The van der Waals surface area contributed by atoms with Crippen LogP contribution in [-0.4, -0.2) is 5.11 Å². The van der Waals surface area contributed by atoms with E-state index in [9.17, 15) is 5.11 Å². The predicted molar refractivity (Wildman–Crippen MR) is 83.8 cm³/mol. The van der Waals surface area contributed by atoms with Crippen LogP contribution in [0.3, 0.4) is 0 Å². The van der Waals surface area contributed by atoms with E-state index >= 15 is 0 Å². The zero-order chi connectivity index (χ0) is 13.9. The van der Waals surface area contributed by atoms with Gasteiger partial charge in [-0.3, -0.25) is 0 Å². The third kappa shape index (κ3) is 6.66. The summed E-state index contributed by atoms with van der Waals surface area (Å²) in [5.74, 6) is 0.446. The van der Waals surface area contributed by atoms with Gasteiger partial charge in [0.2, 0.25) is 0 Å². The maximum Gasteiger partial charge on any atom is 0.118 e. The summed E-state index contributed by atoms with van der Waals surface area (Å²) in [5, 5.41) is 9.65. The quantitative estimate of drug-likeness (QED) is 0.541. The molecular weight excluding hydrogens is 232 g/mol. The molecule has 0 saturated heterocycles. The molecule has 0 spiro atoms. The molecule has 0 aliphatic carbocycles. The highest BCUT2D eigenvalue weighted by Gasteiger charge is 2.01. The minimum atomic E-state index is 0.446. The van der Waals surface area contributed by atoms with Gasteiger partial charge in [0.05, 0.1) is 0 Å². The first kappa shape index (κ1) is 16.1. The Morgan fingerprint density at radius 1 is 0.842 bits per heavy atom. The van der Waals surface area contributed by atoms with Crippen molar-refractivity contribution < 1.29 is 5.11 Å². The van der Waals surface area contributed by atoms with Crippen LogP contribution in [0.4, 0.5) is 0 Å². The Morgan fingerprint density at radius 2 is 1.47 bits per heavy atom. The van der Waals surface area contributed by atoms with Crippen LogP contribution in [0, 0.1) is 0 Å². The van der Waals surface area contributed by atoms with Gasteiger partial charge in [-0.05, 0) is 36.5 Å². The lowest BCUT2D eigenvalue weighted by Gasteiger charge is -2.06. The normalized spacial score (nSPS) is 10.8. The molecule has 1 aromatic rings. The van der Waals surface area contributed by atoms with Crippen LogP contribution in [0.15, 0.2) is 18.2 Å². The number of phenols is 1. The second-order valence-electron chi connectivity index (χ2n) is 5.54. The van der Waals surface area contributed by atoms with Crippen molar-refractivity contribution in [2.75, 3.05) is 0 Å². The summed E-state index contributed by atoms with van der Waals surface area (Å²) in [4.78, 5) is 0. The van der Waals surface area contributed by atoms with E-state index in [4.69, 9.17) is 0 Å². The fourth-order valence-corrected chi connectivity index (χ4v) is 2.54. The minimum Gasteiger partial charge on any atom is -0.508 e. The van der Waals surface area contributed by atoms with Crippen molar-refractivity contribution in [2.24, 2.45) is 0 Å². The lowest BCUT2D eigenvalue weighted by atomic mass is 10.0. The van der Waals surface area contributed by atoms with Crippen LogP contribution in [0.25, 0.3) is 0 Å². The molecule has 19 heavy (non-hydrogen) atoms. The Balaban J connectivity index is 2.12. The van der Waals surface area contributed by atoms with Gasteiger partial charge in [-0.25, -0.2) is 0 Å². The minimum absolute atomic E-state index is 0.446. The summed E-state index contributed by atoms with van der Waals surface area (Å²) >= 11 is 0. The lowest BCUT2D eigenvalue weighted by Crippen LogP contribution is -1.89. The predicted octanol–water partition coefficient (Wildman–Crippen LogP) is 5.64. The van der Waals surface area contributed by atoms with Crippen LogP contribution in [0.5, 0.6) is 5.75 Å². The fraction of sp³-hybridized carbons (Fsp3) is 0.667. The van der Waals surface area contributed by atoms with Crippen LogP contribution in [0.1, 0.15) is 76.3 Å². The van der Waals surface area contributed by atoms with E-state index < -0.39 is 0 Å². The standard InChI is InChI=1S/C18H30O/c1-3-5-6-7-8-9-10-11-12-16-13-14-18(19)17(4-2)15-16/h13-15,19H,3-12H2,1-2H3. The topological polar surface area (TPSA) is 20.2 Å². The van der Waals surface area contributed by atoms with Gasteiger partial charge in [-0.1, -0.05) is 70.9 Å². The highest BCUT2D eigenvalue weighted by atomic mass is 16.3. The van der Waals surface area contributed by atoms with Gasteiger partial charge < -0.3 is 5.11 Å². The third-order valence-electron chi connectivity index (χ3n) is 3.84. The number of aryl methyl sites for hydroxylation is 2. The summed E-state index contributed by atoms with van der Waals surface area (Å²) in [6.45, 7) is 4.36. The van der Waals surface area contributed by atoms with Gasteiger partial charge in [0, 0.05) is 0 Å². The molecule has 0 fully saturated rings. The van der Waals surface area contributed by atoms with E-state index in [0.29, 0.717) is 5.75 Å². The van der Waals surface area contributed by atoms with E-state index in [1.165, 1.54) is 56.9 Å². The smallest absolute Gasteiger partial charge is 0.118 e. The second-order valence-corrected chi connectivity index (χ2v) is 5.54. The van der Waals surface area contributed by atoms with Gasteiger partial charge in [0.15, 0.2) is 0 Å². The summed E-state index contributed by atoms with van der Waals surface area (Å²) in [7, 11) is 0. The molecular formula is C18H30O. The first-order chi connectivity index (χ1) is 9.27. The average molecular weight is 262 g/mol. The number of rotatable bonds is 10. The molecule has 0 aromatic heterocycles. The second kappa shape index (κ2) is 9.89. The molecule has 0 atom stereocenters. The Morgan fingerprint density at radius 3 is 2.11 bits per heavy atom. The van der Waals surface area contributed by atoms with Gasteiger partial charge in [0.1, 0.15) is 5.75 Å². The highest BCUT2D eigenvalue weighted by molar-refractivity contribution is 5.36. The SMILES string of the molecule is CCCCCCCCCCc1ccc(O)c(CC)c1. The van der Waals surface area contributed by atoms with Crippen molar-refractivity contribution in [3.8, 4) is 5.75 Å². The zero-order valence-electron chi connectivity index (χ0n) is 12.8. The van der Waals surface area contributed by atoms with Crippen LogP contribution in [0.2, 0.25) is 0 Å². The molecule has 0 radical (unpaired) electrons. The zero-order valence-corrected chi connectivity index (χ0v) is 12.8. The molecule has 1 heteroatoms. The van der Waals surface area contributed by atoms with Crippen LogP contribution < -0.4 is 0 Å². The Bertz CT molecular complexity index is 344. The van der Waals surface area contributed by atoms with E-state index in [2.05, 4.69) is 26.0 Å². The maximum atomic E-state index is 9.65. The van der Waals surface area contributed by atoms with Crippen LogP contribution in [-0.2, 0) is 12.8 Å². The number of benzene rings is 1. The van der Waals surface area contributed by atoms with Crippen molar-refractivity contribution in [1.29, 1.82) is 0 Å². The average Bonchev–Trinajstić information content (AvgIpc) is 2.43. The highest BCUT2D eigenvalue weighted by Crippen LogP contribution is 2.20. The molecule has 1 aromatic carbocycles. The molecule has 1 N–H and O–H groups in total. The first-order valence-electron chi connectivity index (χ1n) is 8.08. The van der Waals surface area contributed by atoms with Crippen molar-refractivity contribution in [2.45, 2.75) is 78.1 Å². The first-order valence-corrected chi connectivity index (χ1v) is 8.08. The number of unbranched alkanes of at least 4 members (excludes halogenated alkanes) is 7. The van der Waals surface area contributed by atoms with E-state index in [0.717, 1.165) is 18.4 Å². The van der Waals surface area contributed by atoms with E-state index in [-0.39, 0.29) is 0 Å². The summed E-state index contributed by atoms with van der Waals surface area (Å²) in [6.07, 6.45) is 13.0. The molecule has 1 rings (SSSR count). The summed E-state index contributed by atoms with van der Waals surface area (Å²) < 4.78 is 0. The van der Waals surface area contributed by atoms with Crippen molar-refractivity contribution in [1.82, 2.24) is 0 Å². The number of hydrogen-bond acceptors (Lipinski definition) is 1. The molecule has 108 valence electrons. The van der Waals surface area contributed by atoms with Crippen LogP contribution >= 0.6 is 0 Å². The Hall–Kier alpha value is -0.980. The third-order valence-corrected chi connectivity index (χ3v) is 3.84. The van der Waals surface area contributed by atoms with Gasteiger partial charge in [0.25, 0.3) is 0 Å². The fourth-order valence-electron chi connectivity index (χ4n) is 2.54. The van der Waals surface area contributed by atoms with Gasteiger partial charge >= 0.3 is 0 Å². The van der Waals surface area contributed by atoms with Crippen molar-refractivity contribution in [3.63, 3.8) is 0 Å². The summed E-state index contributed by atoms with van der Waals surface area (Å²) in [6, 6.07) is 6.07. The van der Waals surface area contributed by atoms with Gasteiger partial charge in [-0.15, -0.1) is 0 Å². The number of phenolic OH excluding ortho intramolecular Hbond substituents is 1. The summed E-state index contributed by atoms with van der Waals surface area (Å²) in [5.41, 5.74) is 2.46. The van der Waals surface area contributed by atoms with E-state index in [1.807, 2.05) is 6.07 Å². The number of aromatic hydroxyl groups is 1. The molecule has 0 unspecified atom stereocenters.